The number of carbonyl (C=O) groups excluding carboxylic acids is 2. The van der Waals surface area contributed by atoms with Crippen LogP contribution in [0.15, 0.2) is 41.0 Å². The number of nitrogens with zero attached hydrogens (tertiary/aromatic N) is 1. The highest BCUT2D eigenvalue weighted by molar-refractivity contribution is 6.02. The van der Waals surface area contributed by atoms with E-state index in [0.717, 1.165) is 17.7 Å². The van der Waals surface area contributed by atoms with Gasteiger partial charge >= 0.3 is 0 Å². The normalized spacial score (nSPS) is 17.8. The molecule has 6 nitrogen and oxygen atoms in total. The quantitative estimate of drug-likeness (QED) is 0.898. The summed E-state index contributed by atoms with van der Waals surface area (Å²) in [5.74, 6) is 0.139. The summed E-state index contributed by atoms with van der Waals surface area (Å²) < 4.78 is 5.17. The van der Waals surface area contributed by atoms with Crippen LogP contribution in [0, 0.1) is 6.92 Å². The predicted molar refractivity (Wildman–Crippen MR) is 90.6 cm³/mol. The molecule has 0 spiro atoms. The maximum absolute atomic E-state index is 12.7. The Morgan fingerprint density at radius 2 is 2.12 bits per heavy atom. The molecule has 0 aliphatic carbocycles. The van der Waals surface area contributed by atoms with Crippen LogP contribution in [0.3, 0.4) is 0 Å². The summed E-state index contributed by atoms with van der Waals surface area (Å²) >= 11 is 0. The van der Waals surface area contributed by atoms with Gasteiger partial charge in [-0.2, -0.15) is 0 Å². The lowest BCUT2D eigenvalue weighted by atomic mass is 10.0. The number of anilines is 1. The third kappa shape index (κ3) is 3.33. The molecule has 0 radical (unpaired) electrons. The van der Waals surface area contributed by atoms with E-state index in [1.807, 2.05) is 31.2 Å². The third-order valence-corrected chi connectivity index (χ3v) is 4.21. The van der Waals surface area contributed by atoms with Gasteiger partial charge in [0, 0.05) is 12.2 Å². The first kappa shape index (κ1) is 16.3. The zero-order valence-electron chi connectivity index (χ0n) is 13.6. The number of benzene rings is 1. The van der Waals surface area contributed by atoms with Crippen molar-refractivity contribution >= 4 is 17.5 Å². The van der Waals surface area contributed by atoms with E-state index in [-0.39, 0.29) is 18.4 Å². The van der Waals surface area contributed by atoms with Gasteiger partial charge in [-0.1, -0.05) is 17.7 Å². The molecule has 1 atom stereocenters. The van der Waals surface area contributed by atoms with Crippen molar-refractivity contribution in [3.8, 4) is 0 Å². The summed E-state index contributed by atoms with van der Waals surface area (Å²) in [6, 6.07) is 8.89. The van der Waals surface area contributed by atoms with Crippen molar-refractivity contribution in [1.82, 2.24) is 5.32 Å². The monoisotopic (exact) mass is 327 g/mol. The van der Waals surface area contributed by atoms with Gasteiger partial charge in [0.1, 0.15) is 18.1 Å². The van der Waals surface area contributed by atoms with Crippen LogP contribution in [-0.4, -0.2) is 24.4 Å². The molecule has 1 aliphatic rings. The number of hydrogen-bond acceptors (Lipinski definition) is 4. The number of piperidine rings is 1. The number of amides is 2. The van der Waals surface area contributed by atoms with E-state index in [1.165, 1.54) is 6.26 Å². The molecule has 1 aromatic heterocycles. The third-order valence-electron chi connectivity index (χ3n) is 4.21. The van der Waals surface area contributed by atoms with E-state index in [9.17, 15) is 9.59 Å². The Morgan fingerprint density at radius 3 is 2.79 bits per heavy atom. The van der Waals surface area contributed by atoms with Crippen molar-refractivity contribution in [3.05, 3.63) is 53.5 Å². The molecule has 3 N–H and O–H groups in total. The summed E-state index contributed by atoms with van der Waals surface area (Å²) in [4.78, 5) is 26.7. The van der Waals surface area contributed by atoms with Crippen molar-refractivity contribution in [1.29, 1.82) is 0 Å². The Balaban J connectivity index is 1.70. The van der Waals surface area contributed by atoms with Crippen LogP contribution in [0.25, 0.3) is 0 Å². The summed E-state index contributed by atoms with van der Waals surface area (Å²) in [5, 5.41) is 2.80. The molecule has 2 aromatic rings. The number of nitrogens with two attached hydrogens (primary N) is 1. The van der Waals surface area contributed by atoms with E-state index in [1.54, 1.807) is 11.0 Å². The lowest BCUT2D eigenvalue weighted by Crippen LogP contribution is -2.52. The minimum atomic E-state index is -0.524. The molecule has 1 aromatic carbocycles. The van der Waals surface area contributed by atoms with Gasteiger partial charge in [0.05, 0.1) is 12.1 Å². The van der Waals surface area contributed by atoms with Gasteiger partial charge < -0.3 is 20.4 Å². The highest BCUT2D eigenvalue weighted by Crippen LogP contribution is 2.22. The SMILES string of the molecule is Cc1ccc(N2CCCC(NC(=O)c3coc(CN)c3)C2=O)cc1. The second-order valence-electron chi connectivity index (χ2n) is 6.00. The minimum absolute atomic E-state index is 0.0824. The highest BCUT2D eigenvalue weighted by Gasteiger charge is 2.31. The van der Waals surface area contributed by atoms with Crippen LogP contribution in [0.4, 0.5) is 5.69 Å². The van der Waals surface area contributed by atoms with Crippen LogP contribution in [0.1, 0.15) is 34.5 Å². The van der Waals surface area contributed by atoms with Crippen LogP contribution in [-0.2, 0) is 11.3 Å². The molecular formula is C18H21N3O3. The average Bonchev–Trinajstić information content (AvgIpc) is 3.07. The van der Waals surface area contributed by atoms with Gasteiger partial charge in [-0.15, -0.1) is 0 Å². The van der Waals surface area contributed by atoms with E-state index in [2.05, 4.69) is 5.32 Å². The molecule has 1 fully saturated rings. The molecule has 3 rings (SSSR count). The highest BCUT2D eigenvalue weighted by atomic mass is 16.3. The number of aryl methyl sites for hydroxylation is 1. The van der Waals surface area contributed by atoms with Gasteiger partial charge in [-0.3, -0.25) is 9.59 Å². The molecule has 1 unspecified atom stereocenters. The van der Waals surface area contributed by atoms with Crippen LogP contribution in [0.5, 0.6) is 0 Å². The van der Waals surface area contributed by atoms with Crippen molar-refractivity contribution in [3.63, 3.8) is 0 Å². The molecular weight excluding hydrogens is 306 g/mol. The smallest absolute Gasteiger partial charge is 0.255 e. The van der Waals surface area contributed by atoms with E-state index in [4.69, 9.17) is 10.2 Å². The summed E-state index contributed by atoms with van der Waals surface area (Å²) in [6.45, 7) is 2.90. The number of rotatable bonds is 4. The summed E-state index contributed by atoms with van der Waals surface area (Å²) in [7, 11) is 0. The predicted octanol–water partition coefficient (Wildman–Crippen LogP) is 1.97. The van der Waals surface area contributed by atoms with E-state index < -0.39 is 6.04 Å². The van der Waals surface area contributed by atoms with Crippen molar-refractivity contribution in [2.45, 2.75) is 32.4 Å². The number of hydrogen-bond donors (Lipinski definition) is 2. The fourth-order valence-electron chi connectivity index (χ4n) is 2.84. The second-order valence-corrected chi connectivity index (χ2v) is 6.00. The van der Waals surface area contributed by atoms with Gasteiger partial charge in [-0.25, -0.2) is 0 Å². The molecule has 24 heavy (non-hydrogen) atoms. The van der Waals surface area contributed by atoms with Crippen molar-refractivity contribution in [2.24, 2.45) is 5.73 Å². The first-order valence-electron chi connectivity index (χ1n) is 8.05. The fraction of sp³-hybridized carbons (Fsp3) is 0.333. The molecule has 0 bridgehead atoms. The van der Waals surface area contributed by atoms with Crippen LogP contribution in [0.2, 0.25) is 0 Å². The molecule has 2 amide bonds. The molecule has 6 heteroatoms. The molecule has 126 valence electrons. The Bertz CT molecular complexity index is 736. The van der Waals surface area contributed by atoms with Crippen LogP contribution < -0.4 is 16.0 Å². The van der Waals surface area contributed by atoms with Gasteiger partial charge in [0.15, 0.2) is 0 Å². The number of furan rings is 1. The summed E-state index contributed by atoms with van der Waals surface area (Å²) in [5.41, 5.74) is 7.86. The molecule has 2 heterocycles. The Morgan fingerprint density at radius 1 is 1.38 bits per heavy atom. The Kier molecular flexibility index (Phi) is 4.66. The maximum Gasteiger partial charge on any atom is 0.255 e. The molecule has 1 saturated heterocycles. The maximum atomic E-state index is 12.7. The first-order chi connectivity index (χ1) is 11.6. The zero-order valence-corrected chi connectivity index (χ0v) is 13.6. The topological polar surface area (TPSA) is 88.6 Å². The largest absolute Gasteiger partial charge is 0.467 e. The van der Waals surface area contributed by atoms with Crippen molar-refractivity contribution in [2.75, 3.05) is 11.4 Å². The number of nitrogens with one attached hydrogen (secondary N) is 1. The lowest BCUT2D eigenvalue weighted by Gasteiger charge is -2.32. The average molecular weight is 327 g/mol. The Hall–Kier alpha value is -2.60. The van der Waals surface area contributed by atoms with Crippen LogP contribution >= 0.6 is 0 Å². The number of carbonyl (C=O) groups is 2. The molecule has 1 aliphatic heterocycles. The first-order valence-corrected chi connectivity index (χ1v) is 8.05. The fourth-order valence-corrected chi connectivity index (χ4v) is 2.84. The minimum Gasteiger partial charge on any atom is -0.467 e. The summed E-state index contributed by atoms with van der Waals surface area (Å²) in [6.07, 6.45) is 2.83. The Labute approximate surface area is 140 Å². The van der Waals surface area contributed by atoms with Gasteiger partial charge in [-0.05, 0) is 38.0 Å². The van der Waals surface area contributed by atoms with E-state index >= 15 is 0 Å². The van der Waals surface area contributed by atoms with Crippen molar-refractivity contribution < 1.29 is 14.0 Å². The van der Waals surface area contributed by atoms with Gasteiger partial charge in [0.25, 0.3) is 5.91 Å². The molecule has 0 saturated carbocycles. The van der Waals surface area contributed by atoms with E-state index in [0.29, 0.717) is 24.3 Å². The standard InChI is InChI=1S/C18H21N3O3/c1-12-4-6-14(7-5-12)21-8-2-3-16(18(21)23)20-17(22)13-9-15(10-19)24-11-13/h4-7,9,11,16H,2-3,8,10,19H2,1H3,(H,20,22). The zero-order chi connectivity index (χ0) is 17.1. The van der Waals surface area contributed by atoms with Gasteiger partial charge in [0.2, 0.25) is 5.91 Å². The second kappa shape index (κ2) is 6.88. The lowest BCUT2D eigenvalue weighted by molar-refractivity contribution is -0.121.